The normalized spacial score (nSPS) is 26.6. The second-order valence-corrected chi connectivity index (χ2v) is 5.36. The molecule has 2 bridgehead atoms. The maximum absolute atomic E-state index is 12.1. The molecule has 100 valence electrons. The van der Waals surface area contributed by atoms with Crippen molar-refractivity contribution >= 4 is 5.78 Å². The summed E-state index contributed by atoms with van der Waals surface area (Å²) in [6.07, 6.45) is 6.19. The Balaban J connectivity index is 1.67. The quantitative estimate of drug-likeness (QED) is 0.611. The zero-order chi connectivity index (χ0) is 13.1. The third-order valence-corrected chi connectivity index (χ3v) is 4.18. The summed E-state index contributed by atoms with van der Waals surface area (Å²) >= 11 is 0. The van der Waals surface area contributed by atoms with Gasteiger partial charge in [-0.25, -0.2) is 0 Å². The molecule has 0 unspecified atom stereocenters. The predicted octanol–water partition coefficient (Wildman–Crippen LogP) is 2.16. The van der Waals surface area contributed by atoms with Gasteiger partial charge in [0.2, 0.25) is 0 Å². The zero-order valence-corrected chi connectivity index (χ0v) is 11.2. The molecule has 4 rings (SSSR count). The first kappa shape index (κ1) is 12.4. The van der Waals surface area contributed by atoms with E-state index in [0.717, 1.165) is 18.7 Å². The smallest absolute Gasteiger partial charge is 0.187 e. The molecule has 0 aliphatic carbocycles. The fourth-order valence-corrected chi connectivity index (χ4v) is 2.97. The summed E-state index contributed by atoms with van der Waals surface area (Å²) in [7, 11) is 0. The molecule has 1 aromatic rings. The Morgan fingerprint density at radius 1 is 1.05 bits per heavy atom. The van der Waals surface area contributed by atoms with Crippen LogP contribution < -0.4 is 0 Å². The Bertz CT molecular complexity index is 461. The highest BCUT2D eigenvalue weighted by Gasteiger charge is 2.26. The molecule has 0 amide bonds. The van der Waals surface area contributed by atoms with E-state index in [1.54, 1.807) is 6.08 Å². The fraction of sp³-hybridized carbons (Fsp3) is 0.438. The van der Waals surface area contributed by atoms with Crippen LogP contribution in [0, 0.1) is 0 Å². The van der Waals surface area contributed by atoms with Crippen LogP contribution in [-0.4, -0.2) is 47.8 Å². The van der Waals surface area contributed by atoms with Crippen molar-refractivity contribution < 1.29 is 4.79 Å². The first-order valence-corrected chi connectivity index (χ1v) is 7.08. The number of hydrogen-bond donors (Lipinski definition) is 0. The first-order chi connectivity index (χ1) is 9.33. The predicted molar refractivity (Wildman–Crippen MR) is 76.1 cm³/mol. The average Bonchev–Trinajstić information content (AvgIpc) is 2.79. The summed E-state index contributed by atoms with van der Waals surface area (Å²) in [6, 6.07) is 10.1. The molecule has 0 spiro atoms. The van der Waals surface area contributed by atoms with Crippen LogP contribution in [0.5, 0.6) is 0 Å². The van der Waals surface area contributed by atoms with Gasteiger partial charge in [0.25, 0.3) is 0 Å². The highest BCUT2D eigenvalue weighted by Crippen LogP contribution is 2.20. The van der Waals surface area contributed by atoms with Crippen LogP contribution in [0.2, 0.25) is 0 Å². The van der Waals surface area contributed by atoms with E-state index in [1.165, 1.54) is 25.9 Å². The lowest BCUT2D eigenvalue weighted by molar-refractivity contribution is 0.104. The SMILES string of the molecule is O=C(C=CN1CCN2CCC1CC2)c1ccccc1. The van der Waals surface area contributed by atoms with Gasteiger partial charge in [0, 0.05) is 50.1 Å². The molecule has 3 aliphatic rings. The lowest BCUT2D eigenvalue weighted by Crippen LogP contribution is -2.35. The number of ketones is 1. The first-order valence-electron chi connectivity index (χ1n) is 7.08. The van der Waals surface area contributed by atoms with E-state index in [0.29, 0.717) is 6.04 Å². The van der Waals surface area contributed by atoms with Crippen LogP contribution in [0.15, 0.2) is 42.6 Å². The van der Waals surface area contributed by atoms with Crippen LogP contribution in [-0.2, 0) is 0 Å². The molecule has 3 saturated heterocycles. The Morgan fingerprint density at radius 3 is 2.53 bits per heavy atom. The Kier molecular flexibility index (Phi) is 3.65. The molecule has 3 heterocycles. The van der Waals surface area contributed by atoms with Gasteiger partial charge in [-0.3, -0.25) is 4.79 Å². The van der Waals surface area contributed by atoms with E-state index in [2.05, 4.69) is 9.80 Å². The number of carbonyl (C=O) groups is 1. The number of hydrogen-bond acceptors (Lipinski definition) is 3. The Labute approximate surface area is 114 Å². The number of allylic oxidation sites excluding steroid dienone is 1. The van der Waals surface area contributed by atoms with E-state index in [-0.39, 0.29) is 5.78 Å². The Hall–Kier alpha value is -1.61. The summed E-state index contributed by atoms with van der Waals surface area (Å²) < 4.78 is 0. The summed E-state index contributed by atoms with van der Waals surface area (Å²) in [5.41, 5.74) is 0.765. The summed E-state index contributed by atoms with van der Waals surface area (Å²) in [5, 5.41) is 0. The van der Waals surface area contributed by atoms with E-state index in [9.17, 15) is 4.79 Å². The summed E-state index contributed by atoms with van der Waals surface area (Å²) in [6.45, 7) is 4.59. The Morgan fingerprint density at radius 2 is 1.79 bits per heavy atom. The fourth-order valence-electron chi connectivity index (χ4n) is 2.97. The van der Waals surface area contributed by atoms with Gasteiger partial charge in [-0.15, -0.1) is 0 Å². The van der Waals surface area contributed by atoms with Gasteiger partial charge >= 0.3 is 0 Å². The molecular weight excluding hydrogens is 236 g/mol. The lowest BCUT2D eigenvalue weighted by Gasteiger charge is -2.30. The third kappa shape index (κ3) is 2.87. The highest BCUT2D eigenvalue weighted by molar-refractivity contribution is 6.04. The minimum atomic E-state index is 0.0969. The minimum Gasteiger partial charge on any atom is -0.373 e. The summed E-state index contributed by atoms with van der Waals surface area (Å²) in [5.74, 6) is 0.0969. The van der Waals surface area contributed by atoms with Gasteiger partial charge in [0.05, 0.1) is 0 Å². The average molecular weight is 256 g/mol. The maximum Gasteiger partial charge on any atom is 0.187 e. The zero-order valence-electron chi connectivity index (χ0n) is 11.2. The van der Waals surface area contributed by atoms with Crippen molar-refractivity contribution in [3.05, 3.63) is 48.2 Å². The molecule has 0 saturated carbocycles. The molecule has 19 heavy (non-hydrogen) atoms. The monoisotopic (exact) mass is 256 g/mol. The molecular formula is C16H20N2O. The van der Waals surface area contributed by atoms with E-state index in [1.807, 2.05) is 36.5 Å². The van der Waals surface area contributed by atoms with Crippen LogP contribution in [0.25, 0.3) is 0 Å². The number of carbonyl (C=O) groups excluding carboxylic acids is 1. The molecule has 3 nitrogen and oxygen atoms in total. The second kappa shape index (κ2) is 5.57. The lowest BCUT2D eigenvalue weighted by atomic mass is 10.1. The number of rotatable bonds is 3. The number of piperidine rings is 1. The molecule has 0 aromatic heterocycles. The largest absolute Gasteiger partial charge is 0.373 e. The van der Waals surface area contributed by atoms with Gasteiger partial charge in [-0.05, 0) is 12.8 Å². The number of nitrogens with zero attached hydrogens (tertiary/aromatic N) is 2. The van der Waals surface area contributed by atoms with E-state index >= 15 is 0 Å². The van der Waals surface area contributed by atoms with Crippen LogP contribution in [0.1, 0.15) is 23.2 Å². The van der Waals surface area contributed by atoms with Gasteiger partial charge in [0.1, 0.15) is 0 Å². The molecule has 3 heteroatoms. The second-order valence-electron chi connectivity index (χ2n) is 5.36. The van der Waals surface area contributed by atoms with Crippen LogP contribution >= 0.6 is 0 Å². The van der Waals surface area contributed by atoms with E-state index in [4.69, 9.17) is 0 Å². The van der Waals surface area contributed by atoms with Crippen molar-refractivity contribution in [1.29, 1.82) is 0 Å². The van der Waals surface area contributed by atoms with Gasteiger partial charge < -0.3 is 9.80 Å². The van der Waals surface area contributed by atoms with Crippen LogP contribution in [0.4, 0.5) is 0 Å². The van der Waals surface area contributed by atoms with Crippen LogP contribution in [0.3, 0.4) is 0 Å². The summed E-state index contributed by atoms with van der Waals surface area (Å²) in [4.78, 5) is 16.9. The van der Waals surface area contributed by atoms with E-state index < -0.39 is 0 Å². The number of benzene rings is 1. The molecule has 0 radical (unpaired) electrons. The van der Waals surface area contributed by atoms with Crippen molar-refractivity contribution in [2.75, 3.05) is 26.2 Å². The highest BCUT2D eigenvalue weighted by atomic mass is 16.1. The molecule has 0 atom stereocenters. The standard InChI is InChI=1S/C16H20N2O/c19-16(14-4-2-1-3-5-14)8-11-18-13-12-17-9-6-15(18)7-10-17/h1-5,8,11,15H,6-7,9-10,12-13H2. The topological polar surface area (TPSA) is 23.6 Å². The van der Waals surface area contributed by atoms with Gasteiger partial charge in [0.15, 0.2) is 5.78 Å². The molecule has 0 N–H and O–H groups in total. The minimum absolute atomic E-state index is 0.0969. The molecule has 3 aliphatic heterocycles. The van der Waals surface area contributed by atoms with Crippen molar-refractivity contribution in [3.63, 3.8) is 0 Å². The van der Waals surface area contributed by atoms with Crippen molar-refractivity contribution in [1.82, 2.24) is 9.80 Å². The van der Waals surface area contributed by atoms with Gasteiger partial charge in [-0.2, -0.15) is 0 Å². The third-order valence-electron chi connectivity index (χ3n) is 4.18. The number of fused-ring (bicyclic) bond motifs is 4. The van der Waals surface area contributed by atoms with Gasteiger partial charge in [-0.1, -0.05) is 30.3 Å². The molecule has 1 aromatic carbocycles. The molecule has 3 fully saturated rings. The maximum atomic E-state index is 12.1. The van der Waals surface area contributed by atoms with Crippen molar-refractivity contribution in [2.45, 2.75) is 18.9 Å². The van der Waals surface area contributed by atoms with Crippen molar-refractivity contribution in [3.8, 4) is 0 Å². The van der Waals surface area contributed by atoms with Crippen molar-refractivity contribution in [2.24, 2.45) is 0 Å².